The predicted octanol–water partition coefficient (Wildman–Crippen LogP) is 2.51. The first-order chi connectivity index (χ1) is 11.9. The number of rotatable bonds is 6. The molecule has 1 atom stereocenters. The van der Waals surface area contributed by atoms with E-state index in [1.165, 1.54) is 17.0 Å². The maximum absolute atomic E-state index is 12.8. The summed E-state index contributed by atoms with van der Waals surface area (Å²) in [6.45, 7) is 1.49. The van der Waals surface area contributed by atoms with Gasteiger partial charge in [0.25, 0.3) is 5.91 Å². The summed E-state index contributed by atoms with van der Waals surface area (Å²) in [5.74, 6) is -0.763. The second-order valence-corrected chi connectivity index (χ2v) is 5.72. The normalized spacial score (nSPS) is 11.7. The van der Waals surface area contributed by atoms with Gasteiger partial charge in [-0.2, -0.15) is 0 Å². The molecule has 1 amide bonds. The number of carboxylic acids is 1. The van der Waals surface area contributed by atoms with E-state index in [1.807, 2.05) is 0 Å². The first kappa shape index (κ1) is 18.5. The number of amides is 1. The van der Waals surface area contributed by atoms with E-state index in [2.05, 4.69) is 0 Å². The lowest BCUT2D eigenvalue weighted by molar-refractivity contribution is 0.0657. The molecule has 0 aliphatic rings. The van der Waals surface area contributed by atoms with Crippen LogP contribution in [0.15, 0.2) is 42.5 Å². The molecular weight excluding hydrogens is 322 g/mol. The fourth-order valence-electron chi connectivity index (χ4n) is 2.59. The lowest BCUT2D eigenvalue weighted by atomic mass is 10.0. The van der Waals surface area contributed by atoms with Crippen molar-refractivity contribution in [3.8, 4) is 5.75 Å². The molecule has 6 heteroatoms. The van der Waals surface area contributed by atoms with Crippen molar-refractivity contribution < 1.29 is 24.5 Å². The Hall–Kier alpha value is -2.86. The largest absolute Gasteiger partial charge is 0.497 e. The van der Waals surface area contributed by atoms with E-state index in [9.17, 15) is 14.7 Å². The quantitative estimate of drug-likeness (QED) is 0.841. The summed E-state index contributed by atoms with van der Waals surface area (Å²) in [7, 11) is 3.15. The molecule has 25 heavy (non-hydrogen) atoms. The second kappa shape index (κ2) is 7.81. The van der Waals surface area contributed by atoms with Crippen LogP contribution < -0.4 is 4.74 Å². The van der Waals surface area contributed by atoms with Gasteiger partial charge in [0, 0.05) is 12.6 Å². The molecule has 2 N–H and O–H groups in total. The Morgan fingerprint density at radius 1 is 1.16 bits per heavy atom. The number of aryl methyl sites for hydroxylation is 1. The van der Waals surface area contributed by atoms with Gasteiger partial charge in [0.15, 0.2) is 0 Å². The summed E-state index contributed by atoms with van der Waals surface area (Å²) in [6, 6.07) is 10.9. The highest BCUT2D eigenvalue weighted by molar-refractivity contribution is 5.98. The molecule has 2 aromatic rings. The first-order valence-corrected chi connectivity index (χ1v) is 7.75. The molecule has 132 valence electrons. The molecule has 2 aromatic carbocycles. The Kier molecular flexibility index (Phi) is 5.77. The summed E-state index contributed by atoms with van der Waals surface area (Å²) in [5, 5.41) is 18.9. The lowest BCUT2D eigenvalue weighted by Gasteiger charge is -2.28. The molecule has 0 aromatic heterocycles. The number of carboxylic acid groups (broad SMARTS) is 1. The van der Waals surface area contributed by atoms with Crippen molar-refractivity contribution in [2.45, 2.75) is 13.0 Å². The van der Waals surface area contributed by atoms with E-state index in [4.69, 9.17) is 9.84 Å². The average Bonchev–Trinajstić information content (AvgIpc) is 2.62. The third-order valence-corrected chi connectivity index (χ3v) is 4.18. The molecule has 0 bridgehead atoms. The molecule has 2 rings (SSSR count). The number of aliphatic hydroxyl groups is 1. The van der Waals surface area contributed by atoms with Gasteiger partial charge in [0.05, 0.1) is 25.3 Å². The molecule has 6 nitrogen and oxygen atoms in total. The topological polar surface area (TPSA) is 87.1 Å². The summed E-state index contributed by atoms with van der Waals surface area (Å²) >= 11 is 0. The third kappa shape index (κ3) is 3.97. The second-order valence-electron chi connectivity index (χ2n) is 5.72. The van der Waals surface area contributed by atoms with Gasteiger partial charge in [0.1, 0.15) is 5.75 Å². The number of carbonyl (C=O) groups excluding carboxylic acids is 1. The van der Waals surface area contributed by atoms with Gasteiger partial charge in [0.2, 0.25) is 0 Å². The van der Waals surface area contributed by atoms with Crippen LogP contribution in [0.1, 0.15) is 37.9 Å². The minimum Gasteiger partial charge on any atom is -0.497 e. The van der Waals surface area contributed by atoms with Crippen LogP contribution in [0.5, 0.6) is 5.75 Å². The van der Waals surface area contributed by atoms with E-state index >= 15 is 0 Å². The SMILES string of the molecule is COc1ccc(C(CO)N(C)C(=O)c2cc(C(=O)O)ccc2C)cc1. The number of carbonyl (C=O) groups is 2. The zero-order chi connectivity index (χ0) is 18.6. The molecule has 0 fully saturated rings. The summed E-state index contributed by atoms with van der Waals surface area (Å²) in [4.78, 5) is 25.4. The van der Waals surface area contributed by atoms with Gasteiger partial charge in [-0.1, -0.05) is 18.2 Å². The molecule has 0 spiro atoms. The monoisotopic (exact) mass is 343 g/mol. The Morgan fingerprint density at radius 2 is 1.80 bits per heavy atom. The van der Waals surface area contributed by atoms with Crippen LogP contribution >= 0.6 is 0 Å². The minimum atomic E-state index is -1.09. The van der Waals surface area contributed by atoms with Crippen LogP contribution in [0.25, 0.3) is 0 Å². The van der Waals surface area contributed by atoms with Gasteiger partial charge < -0.3 is 19.8 Å². The molecule has 0 aliphatic carbocycles. The number of aromatic carboxylic acids is 1. The first-order valence-electron chi connectivity index (χ1n) is 7.75. The Balaban J connectivity index is 2.33. The van der Waals surface area contributed by atoms with E-state index in [0.717, 1.165) is 5.56 Å². The van der Waals surface area contributed by atoms with Gasteiger partial charge >= 0.3 is 5.97 Å². The zero-order valence-electron chi connectivity index (χ0n) is 14.4. The van der Waals surface area contributed by atoms with Crippen molar-refractivity contribution in [3.05, 3.63) is 64.7 Å². The molecular formula is C19H21NO5. The van der Waals surface area contributed by atoms with Gasteiger partial charge in [-0.15, -0.1) is 0 Å². The number of aliphatic hydroxyl groups excluding tert-OH is 1. The fraction of sp³-hybridized carbons (Fsp3) is 0.263. The van der Waals surface area contributed by atoms with E-state index in [0.29, 0.717) is 16.9 Å². The molecule has 0 radical (unpaired) electrons. The molecule has 0 saturated heterocycles. The molecule has 0 heterocycles. The van der Waals surface area contributed by atoms with E-state index < -0.39 is 12.0 Å². The summed E-state index contributed by atoms with van der Waals surface area (Å²) < 4.78 is 5.11. The van der Waals surface area contributed by atoms with Crippen molar-refractivity contribution >= 4 is 11.9 Å². The number of ether oxygens (including phenoxy) is 1. The highest BCUT2D eigenvalue weighted by atomic mass is 16.5. The Bertz CT molecular complexity index is 770. The van der Waals surface area contributed by atoms with Crippen LogP contribution in [0.3, 0.4) is 0 Å². The molecule has 0 aliphatic heterocycles. The number of benzene rings is 2. The average molecular weight is 343 g/mol. The molecule has 0 saturated carbocycles. The van der Waals surface area contributed by atoms with Crippen LogP contribution in [-0.4, -0.2) is 47.8 Å². The van der Waals surface area contributed by atoms with Gasteiger partial charge in [-0.05, 0) is 42.3 Å². The van der Waals surface area contributed by atoms with Crippen molar-refractivity contribution in [1.29, 1.82) is 0 Å². The fourth-order valence-corrected chi connectivity index (χ4v) is 2.59. The maximum atomic E-state index is 12.8. The lowest BCUT2D eigenvalue weighted by Crippen LogP contribution is -2.33. The smallest absolute Gasteiger partial charge is 0.335 e. The highest BCUT2D eigenvalue weighted by Crippen LogP contribution is 2.24. The van der Waals surface area contributed by atoms with Gasteiger partial charge in [-0.25, -0.2) is 4.79 Å². The Morgan fingerprint density at radius 3 is 2.32 bits per heavy atom. The number of likely N-dealkylation sites (N-methyl/N-ethyl adjacent to an activating group) is 1. The van der Waals surface area contributed by atoms with Crippen LogP contribution in [0.4, 0.5) is 0 Å². The predicted molar refractivity (Wildman–Crippen MR) is 93.1 cm³/mol. The van der Waals surface area contributed by atoms with Crippen molar-refractivity contribution in [2.24, 2.45) is 0 Å². The van der Waals surface area contributed by atoms with Crippen molar-refractivity contribution in [3.63, 3.8) is 0 Å². The summed E-state index contributed by atoms with van der Waals surface area (Å²) in [6.07, 6.45) is 0. The highest BCUT2D eigenvalue weighted by Gasteiger charge is 2.24. The Labute approximate surface area is 146 Å². The molecule has 1 unspecified atom stereocenters. The zero-order valence-corrected chi connectivity index (χ0v) is 14.4. The van der Waals surface area contributed by atoms with Crippen LogP contribution in [0.2, 0.25) is 0 Å². The van der Waals surface area contributed by atoms with E-state index in [-0.39, 0.29) is 18.1 Å². The summed E-state index contributed by atoms with van der Waals surface area (Å²) in [5.41, 5.74) is 1.78. The van der Waals surface area contributed by atoms with Crippen LogP contribution in [0, 0.1) is 6.92 Å². The number of nitrogens with zero attached hydrogens (tertiary/aromatic N) is 1. The van der Waals surface area contributed by atoms with Crippen molar-refractivity contribution in [2.75, 3.05) is 20.8 Å². The minimum absolute atomic E-state index is 0.0485. The number of methoxy groups -OCH3 is 1. The van der Waals surface area contributed by atoms with Gasteiger partial charge in [-0.3, -0.25) is 4.79 Å². The number of hydrogen-bond acceptors (Lipinski definition) is 4. The third-order valence-electron chi connectivity index (χ3n) is 4.18. The number of hydrogen-bond donors (Lipinski definition) is 2. The van der Waals surface area contributed by atoms with Crippen molar-refractivity contribution in [1.82, 2.24) is 4.90 Å². The van der Waals surface area contributed by atoms with Crippen LogP contribution in [-0.2, 0) is 0 Å². The standard InChI is InChI=1S/C19H21NO5/c1-12-4-5-14(19(23)24)10-16(12)18(22)20(2)17(11-21)13-6-8-15(25-3)9-7-13/h4-10,17,21H,11H2,1-3H3,(H,23,24). The maximum Gasteiger partial charge on any atom is 0.335 e. The van der Waals surface area contributed by atoms with E-state index in [1.54, 1.807) is 51.4 Å².